The van der Waals surface area contributed by atoms with Crippen LogP contribution in [0, 0.1) is 5.92 Å². The van der Waals surface area contributed by atoms with E-state index in [1.54, 1.807) is 29.4 Å². The number of fused-ring (bicyclic) bond motifs is 1. The second-order valence-electron chi connectivity index (χ2n) is 8.36. The molecule has 1 aromatic heterocycles. The van der Waals surface area contributed by atoms with Crippen LogP contribution in [0.15, 0.2) is 47.6 Å². The van der Waals surface area contributed by atoms with Gasteiger partial charge in [-0.05, 0) is 60.6 Å². The van der Waals surface area contributed by atoms with E-state index >= 15 is 0 Å². The van der Waals surface area contributed by atoms with E-state index in [0.29, 0.717) is 13.1 Å². The zero-order valence-electron chi connectivity index (χ0n) is 17.3. The van der Waals surface area contributed by atoms with E-state index in [9.17, 15) is 26.4 Å². The average Bonchev–Trinajstić information content (AvgIpc) is 3.22. The fourth-order valence-electron chi connectivity index (χ4n) is 4.34. The predicted molar refractivity (Wildman–Crippen MR) is 111 cm³/mol. The number of halogens is 3. The van der Waals surface area contributed by atoms with E-state index < -0.39 is 27.2 Å². The van der Waals surface area contributed by atoms with Gasteiger partial charge in [0.2, 0.25) is 0 Å². The lowest BCUT2D eigenvalue weighted by Crippen LogP contribution is -2.36. The number of nitrogens with one attached hydrogen (secondary N) is 1. The molecule has 0 atom stereocenters. The number of urea groups is 1. The molecule has 6 nitrogen and oxygen atoms in total. The fraction of sp³-hybridized carbons (Fsp3) is 0.455. The molecular formula is C22H24F3N3O3S. The summed E-state index contributed by atoms with van der Waals surface area (Å²) in [6.07, 6.45) is -1.12. The van der Waals surface area contributed by atoms with Gasteiger partial charge in [-0.1, -0.05) is 12.1 Å². The second kappa shape index (κ2) is 8.73. The molecule has 0 bridgehead atoms. The molecular weight excluding hydrogens is 443 g/mol. The quantitative estimate of drug-likeness (QED) is 0.731. The molecule has 2 heterocycles. The van der Waals surface area contributed by atoms with Crippen molar-refractivity contribution >= 4 is 15.9 Å². The van der Waals surface area contributed by atoms with Gasteiger partial charge in [0.1, 0.15) is 0 Å². The summed E-state index contributed by atoms with van der Waals surface area (Å²) in [5.74, 6) is -1.42. The van der Waals surface area contributed by atoms with Crippen molar-refractivity contribution in [2.75, 3.05) is 0 Å². The molecule has 2 aromatic rings. The molecule has 2 amide bonds. The first-order valence-corrected chi connectivity index (χ1v) is 12.0. The van der Waals surface area contributed by atoms with E-state index in [4.69, 9.17) is 0 Å². The number of benzene rings is 1. The first-order chi connectivity index (χ1) is 15.1. The molecule has 4 rings (SSSR count). The average molecular weight is 468 g/mol. The number of sulfone groups is 1. The summed E-state index contributed by atoms with van der Waals surface area (Å²) in [5.41, 5.74) is 2.81. The van der Waals surface area contributed by atoms with Crippen LogP contribution in [0.2, 0.25) is 0 Å². The number of carbonyl (C=O) groups excluding carboxylic acids is 1. The molecule has 0 radical (unpaired) electrons. The number of carbonyl (C=O) groups is 1. The first-order valence-electron chi connectivity index (χ1n) is 10.5. The number of hydrogen-bond acceptors (Lipinski definition) is 4. The van der Waals surface area contributed by atoms with Gasteiger partial charge in [-0.25, -0.2) is 13.2 Å². The number of amides is 2. The maximum atomic E-state index is 12.8. The summed E-state index contributed by atoms with van der Waals surface area (Å²) in [6.45, 7) is 1.24. The smallest absolute Gasteiger partial charge is 0.334 e. The van der Waals surface area contributed by atoms with Crippen molar-refractivity contribution < 1.29 is 26.4 Å². The van der Waals surface area contributed by atoms with Crippen LogP contribution in [0.25, 0.3) is 0 Å². The highest BCUT2D eigenvalue weighted by molar-refractivity contribution is 7.92. The largest absolute Gasteiger partial charge is 0.391 e. The van der Waals surface area contributed by atoms with Gasteiger partial charge in [-0.2, -0.15) is 13.2 Å². The highest BCUT2D eigenvalue weighted by Gasteiger charge is 2.43. The van der Waals surface area contributed by atoms with Gasteiger partial charge in [0, 0.05) is 32.0 Å². The summed E-state index contributed by atoms with van der Waals surface area (Å²) >= 11 is 0. The Hall–Kier alpha value is -2.62. The third-order valence-corrected chi connectivity index (χ3v) is 8.56. The molecule has 0 unspecified atom stereocenters. The van der Waals surface area contributed by atoms with Crippen molar-refractivity contribution in [3.05, 3.63) is 59.4 Å². The van der Waals surface area contributed by atoms with Crippen LogP contribution in [0.4, 0.5) is 18.0 Å². The van der Waals surface area contributed by atoms with Crippen molar-refractivity contribution in [2.45, 2.75) is 61.6 Å². The topological polar surface area (TPSA) is 79.4 Å². The van der Waals surface area contributed by atoms with Gasteiger partial charge in [0.25, 0.3) is 0 Å². The summed E-state index contributed by atoms with van der Waals surface area (Å²) in [4.78, 5) is 18.3. The number of nitrogens with zero attached hydrogens (tertiary/aromatic N) is 2. The van der Waals surface area contributed by atoms with Gasteiger partial charge in [0.15, 0.2) is 9.84 Å². The van der Waals surface area contributed by atoms with Crippen molar-refractivity contribution in [1.29, 1.82) is 0 Å². The van der Waals surface area contributed by atoms with Crippen molar-refractivity contribution in [2.24, 2.45) is 5.92 Å². The Kier molecular flexibility index (Phi) is 6.15. The predicted octanol–water partition coefficient (Wildman–Crippen LogP) is 4.20. The highest BCUT2D eigenvalue weighted by atomic mass is 32.2. The Morgan fingerprint density at radius 1 is 1.03 bits per heavy atom. The Bertz CT molecular complexity index is 1050. The number of hydrogen-bond donors (Lipinski definition) is 1. The van der Waals surface area contributed by atoms with Crippen LogP contribution in [-0.2, 0) is 29.5 Å². The van der Waals surface area contributed by atoms with Crippen molar-refractivity contribution in [3.8, 4) is 0 Å². The van der Waals surface area contributed by atoms with Crippen LogP contribution >= 0.6 is 0 Å². The summed E-state index contributed by atoms with van der Waals surface area (Å²) < 4.78 is 64.2. The summed E-state index contributed by atoms with van der Waals surface area (Å²) in [7, 11) is -3.69. The maximum absolute atomic E-state index is 12.8. The minimum absolute atomic E-state index is 0.0120. The zero-order valence-corrected chi connectivity index (χ0v) is 18.1. The van der Waals surface area contributed by atoms with Crippen molar-refractivity contribution in [1.82, 2.24) is 15.2 Å². The third-order valence-electron chi connectivity index (χ3n) is 6.29. The molecule has 0 saturated heterocycles. The normalized spacial score (nSPS) is 21.3. The fourth-order valence-corrected chi connectivity index (χ4v) is 6.14. The van der Waals surface area contributed by atoms with Crippen LogP contribution in [0.3, 0.4) is 0 Å². The summed E-state index contributed by atoms with van der Waals surface area (Å²) in [5, 5.41) is 2.03. The molecule has 0 spiro atoms. The highest BCUT2D eigenvalue weighted by Crippen LogP contribution is 2.40. The van der Waals surface area contributed by atoms with Gasteiger partial charge in [-0.3, -0.25) is 4.98 Å². The van der Waals surface area contributed by atoms with Crippen molar-refractivity contribution in [3.63, 3.8) is 0 Å². The monoisotopic (exact) mass is 467 g/mol. The van der Waals surface area contributed by atoms with Gasteiger partial charge < -0.3 is 10.2 Å². The maximum Gasteiger partial charge on any atom is 0.391 e. The van der Waals surface area contributed by atoms with E-state index in [1.165, 1.54) is 12.1 Å². The molecule has 1 aromatic carbocycles. The Balaban J connectivity index is 1.32. The van der Waals surface area contributed by atoms with Crippen LogP contribution in [0.5, 0.6) is 0 Å². The van der Waals surface area contributed by atoms with Gasteiger partial charge in [0.05, 0.1) is 16.1 Å². The molecule has 1 aliphatic carbocycles. The molecule has 10 heteroatoms. The molecule has 2 aliphatic rings. The SMILES string of the molecule is O=C(NCc1ccc(S(=O)(=O)C2CCC(C(F)(F)F)CC2)cc1)N1Cc2ccncc2C1. The van der Waals surface area contributed by atoms with Crippen LogP contribution in [-0.4, -0.2) is 35.8 Å². The Morgan fingerprint density at radius 3 is 2.31 bits per heavy atom. The van der Waals surface area contributed by atoms with E-state index in [0.717, 1.165) is 16.7 Å². The molecule has 1 N–H and O–H groups in total. The lowest BCUT2D eigenvalue weighted by atomic mass is 9.88. The second-order valence-corrected chi connectivity index (χ2v) is 10.6. The molecule has 1 fully saturated rings. The Morgan fingerprint density at radius 2 is 1.69 bits per heavy atom. The lowest BCUT2D eigenvalue weighted by molar-refractivity contribution is -0.181. The molecule has 32 heavy (non-hydrogen) atoms. The molecule has 1 saturated carbocycles. The number of pyridine rings is 1. The standard InChI is InChI=1S/C22H24F3N3O3S/c23-22(24,25)18-3-7-20(8-4-18)32(30,31)19-5-1-15(2-6-19)11-27-21(29)28-13-16-9-10-26-12-17(16)14-28/h1-2,5-6,9-10,12,18,20H,3-4,7-8,11,13-14H2,(H,27,29). The lowest BCUT2D eigenvalue weighted by Gasteiger charge is -2.29. The number of alkyl halides is 3. The first kappa shape index (κ1) is 22.6. The minimum atomic E-state index is -4.27. The van der Waals surface area contributed by atoms with E-state index in [1.807, 2.05) is 6.07 Å². The van der Waals surface area contributed by atoms with E-state index in [2.05, 4.69) is 10.3 Å². The minimum Gasteiger partial charge on any atom is -0.334 e. The van der Waals surface area contributed by atoms with E-state index in [-0.39, 0.29) is 43.2 Å². The summed E-state index contributed by atoms with van der Waals surface area (Å²) in [6, 6.07) is 7.83. The van der Waals surface area contributed by atoms with Gasteiger partial charge >= 0.3 is 12.2 Å². The Labute approximate surface area is 184 Å². The van der Waals surface area contributed by atoms with Crippen LogP contribution in [0.1, 0.15) is 42.4 Å². The molecule has 1 aliphatic heterocycles. The zero-order chi connectivity index (χ0) is 22.9. The third kappa shape index (κ3) is 4.74. The number of aromatic nitrogens is 1. The van der Waals surface area contributed by atoms with Crippen LogP contribution < -0.4 is 5.32 Å². The van der Waals surface area contributed by atoms with Gasteiger partial charge in [-0.15, -0.1) is 0 Å². The number of rotatable bonds is 4. The molecule has 172 valence electrons.